The van der Waals surface area contributed by atoms with E-state index in [0.29, 0.717) is 0 Å². The summed E-state index contributed by atoms with van der Waals surface area (Å²) in [5.41, 5.74) is 0. The van der Waals surface area contributed by atoms with Crippen molar-refractivity contribution >= 4 is 0 Å². The van der Waals surface area contributed by atoms with Crippen molar-refractivity contribution in [3.63, 3.8) is 0 Å². The van der Waals surface area contributed by atoms with Crippen LogP contribution in [0, 0.1) is 35.5 Å². The van der Waals surface area contributed by atoms with Gasteiger partial charge in [-0.25, -0.2) is 0 Å². The monoisotopic (exact) mass is 244 g/mol. The standard InChI is InChI=1S/C18H28/c1-2-7-13-8-6-12-17-15-10-5-4-9-14(15)16(11-3-1)18(13)17/h4,9,13-18H,1-3,5-8,10-12H2. The maximum Gasteiger partial charge on any atom is -0.0171 e. The normalized spacial score (nSPS) is 51.1. The zero-order valence-electron chi connectivity index (χ0n) is 11.7. The summed E-state index contributed by atoms with van der Waals surface area (Å²) in [6.45, 7) is 0. The topological polar surface area (TPSA) is 0 Å². The second-order valence-corrected chi connectivity index (χ2v) is 7.48. The molecule has 0 aliphatic heterocycles. The molecule has 18 heavy (non-hydrogen) atoms. The van der Waals surface area contributed by atoms with Gasteiger partial charge in [-0.3, -0.25) is 0 Å². The van der Waals surface area contributed by atoms with Crippen molar-refractivity contribution < 1.29 is 0 Å². The lowest BCUT2D eigenvalue weighted by Gasteiger charge is -2.39. The van der Waals surface area contributed by atoms with Crippen LogP contribution in [0.3, 0.4) is 0 Å². The van der Waals surface area contributed by atoms with Crippen molar-refractivity contribution in [3.05, 3.63) is 12.2 Å². The third-order valence-corrected chi connectivity index (χ3v) is 6.82. The number of hydrogen-bond donors (Lipinski definition) is 0. The smallest absolute Gasteiger partial charge is 0.0171 e. The fourth-order valence-electron chi connectivity index (χ4n) is 6.30. The Kier molecular flexibility index (Phi) is 3.01. The highest BCUT2D eigenvalue weighted by atomic mass is 14.6. The Balaban J connectivity index is 1.68. The molecule has 4 rings (SSSR count). The van der Waals surface area contributed by atoms with Crippen LogP contribution in [-0.2, 0) is 0 Å². The molecular weight excluding hydrogens is 216 g/mol. The molecule has 3 saturated carbocycles. The molecule has 0 heterocycles. The predicted molar refractivity (Wildman–Crippen MR) is 76.3 cm³/mol. The Labute approximate surface area is 112 Å². The molecule has 0 bridgehead atoms. The summed E-state index contributed by atoms with van der Waals surface area (Å²) in [6, 6.07) is 0. The molecule has 0 heteroatoms. The first kappa shape index (κ1) is 11.6. The lowest BCUT2D eigenvalue weighted by molar-refractivity contribution is 0.102. The largest absolute Gasteiger partial charge is 0.0882 e. The molecule has 0 amide bonds. The highest BCUT2D eigenvalue weighted by Gasteiger charge is 2.52. The van der Waals surface area contributed by atoms with E-state index in [1.807, 2.05) is 0 Å². The summed E-state index contributed by atoms with van der Waals surface area (Å²) in [4.78, 5) is 0. The molecule has 6 unspecified atom stereocenters. The van der Waals surface area contributed by atoms with E-state index in [2.05, 4.69) is 12.2 Å². The van der Waals surface area contributed by atoms with Crippen LogP contribution in [0.1, 0.15) is 64.2 Å². The van der Waals surface area contributed by atoms with Crippen molar-refractivity contribution in [1.29, 1.82) is 0 Å². The first-order valence-corrected chi connectivity index (χ1v) is 8.62. The van der Waals surface area contributed by atoms with E-state index in [1.165, 1.54) is 32.1 Å². The summed E-state index contributed by atoms with van der Waals surface area (Å²) in [6.07, 6.45) is 20.5. The van der Waals surface area contributed by atoms with Crippen LogP contribution in [0.4, 0.5) is 0 Å². The third-order valence-electron chi connectivity index (χ3n) is 6.82. The molecule has 0 N–H and O–H groups in total. The van der Waals surface area contributed by atoms with Crippen molar-refractivity contribution in [1.82, 2.24) is 0 Å². The predicted octanol–water partition coefficient (Wildman–Crippen LogP) is 5.20. The Hall–Kier alpha value is -0.260. The van der Waals surface area contributed by atoms with E-state index in [4.69, 9.17) is 0 Å². The highest BCUT2D eigenvalue weighted by Crippen LogP contribution is 2.60. The molecule has 0 aromatic heterocycles. The van der Waals surface area contributed by atoms with Crippen molar-refractivity contribution in [3.8, 4) is 0 Å². The van der Waals surface area contributed by atoms with Crippen LogP contribution in [-0.4, -0.2) is 0 Å². The minimum absolute atomic E-state index is 0.993. The molecule has 0 aromatic rings. The Bertz CT molecular complexity index is 329. The van der Waals surface area contributed by atoms with E-state index in [1.54, 1.807) is 32.1 Å². The van der Waals surface area contributed by atoms with E-state index in [9.17, 15) is 0 Å². The molecule has 100 valence electrons. The van der Waals surface area contributed by atoms with Crippen LogP contribution >= 0.6 is 0 Å². The van der Waals surface area contributed by atoms with E-state index in [0.717, 1.165) is 35.5 Å². The second-order valence-electron chi connectivity index (χ2n) is 7.48. The van der Waals surface area contributed by atoms with E-state index >= 15 is 0 Å². The fraction of sp³-hybridized carbons (Fsp3) is 0.889. The van der Waals surface area contributed by atoms with Gasteiger partial charge in [-0.05, 0) is 61.2 Å². The zero-order chi connectivity index (χ0) is 11.9. The van der Waals surface area contributed by atoms with Gasteiger partial charge in [-0.1, -0.05) is 50.7 Å². The van der Waals surface area contributed by atoms with Gasteiger partial charge in [0.25, 0.3) is 0 Å². The van der Waals surface area contributed by atoms with Gasteiger partial charge >= 0.3 is 0 Å². The van der Waals surface area contributed by atoms with Gasteiger partial charge < -0.3 is 0 Å². The van der Waals surface area contributed by atoms with Crippen LogP contribution < -0.4 is 0 Å². The molecule has 0 spiro atoms. The molecule has 0 radical (unpaired) electrons. The van der Waals surface area contributed by atoms with Crippen LogP contribution in [0.15, 0.2) is 12.2 Å². The Morgan fingerprint density at radius 3 is 2.50 bits per heavy atom. The summed E-state index contributed by atoms with van der Waals surface area (Å²) >= 11 is 0. The SMILES string of the molecule is C1=CC2C(CC1)C1CCCC3CCCCCC2C31. The van der Waals surface area contributed by atoms with Crippen molar-refractivity contribution in [2.75, 3.05) is 0 Å². The summed E-state index contributed by atoms with van der Waals surface area (Å²) in [5, 5.41) is 0. The number of allylic oxidation sites excluding steroid dienone is 2. The number of rotatable bonds is 0. The van der Waals surface area contributed by atoms with Crippen LogP contribution in [0.5, 0.6) is 0 Å². The van der Waals surface area contributed by atoms with Crippen LogP contribution in [0.25, 0.3) is 0 Å². The van der Waals surface area contributed by atoms with E-state index < -0.39 is 0 Å². The fourth-order valence-corrected chi connectivity index (χ4v) is 6.30. The lowest BCUT2D eigenvalue weighted by Crippen LogP contribution is -2.31. The quantitative estimate of drug-likeness (QED) is 0.514. The first-order valence-electron chi connectivity index (χ1n) is 8.62. The van der Waals surface area contributed by atoms with Gasteiger partial charge in [-0.15, -0.1) is 0 Å². The lowest BCUT2D eigenvalue weighted by atomic mass is 9.66. The van der Waals surface area contributed by atoms with Gasteiger partial charge in [0.05, 0.1) is 0 Å². The molecule has 0 saturated heterocycles. The van der Waals surface area contributed by atoms with Gasteiger partial charge in [-0.2, -0.15) is 0 Å². The van der Waals surface area contributed by atoms with Gasteiger partial charge in [0.2, 0.25) is 0 Å². The summed E-state index contributed by atoms with van der Waals surface area (Å²) in [7, 11) is 0. The van der Waals surface area contributed by atoms with Gasteiger partial charge in [0, 0.05) is 0 Å². The van der Waals surface area contributed by atoms with Crippen LogP contribution in [0.2, 0.25) is 0 Å². The van der Waals surface area contributed by atoms with Crippen molar-refractivity contribution in [2.45, 2.75) is 64.2 Å². The molecule has 6 atom stereocenters. The minimum atomic E-state index is 0.993. The molecular formula is C18H28. The Morgan fingerprint density at radius 2 is 1.50 bits per heavy atom. The maximum absolute atomic E-state index is 2.65. The third kappa shape index (κ3) is 1.71. The first-order chi connectivity index (χ1) is 8.95. The molecule has 0 nitrogen and oxygen atoms in total. The number of fused-ring (bicyclic) bond motifs is 3. The summed E-state index contributed by atoms with van der Waals surface area (Å²) < 4.78 is 0. The molecule has 4 aliphatic carbocycles. The zero-order valence-corrected chi connectivity index (χ0v) is 11.7. The highest BCUT2D eigenvalue weighted by molar-refractivity contribution is 5.10. The maximum atomic E-state index is 2.65. The van der Waals surface area contributed by atoms with Crippen molar-refractivity contribution in [2.24, 2.45) is 35.5 Å². The average Bonchev–Trinajstić information content (AvgIpc) is 2.70. The Morgan fingerprint density at radius 1 is 0.667 bits per heavy atom. The number of hydrogen-bond acceptors (Lipinski definition) is 0. The minimum Gasteiger partial charge on any atom is -0.0882 e. The average molecular weight is 244 g/mol. The van der Waals surface area contributed by atoms with Gasteiger partial charge in [0.15, 0.2) is 0 Å². The molecule has 4 aliphatic rings. The second kappa shape index (κ2) is 4.69. The molecule has 3 fully saturated rings. The van der Waals surface area contributed by atoms with E-state index in [-0.39, 0.29) is 0 Å². The van der Waals surface area contributed by atoms with Gasteiger partial charge in [0.1, 0.15) is 0 Å². The molecule has 0 aromatic carbocycles. The summed E-state index contributed by atoms with van der Waals surface area (Å²) in [5.74, 6) is 6.55.